The van der Waals surface area contributed by atoms with Gasteiger partial charge in [0.1, 0.15) is 12.6 Å². The van der Waals surface area contributed by atoms with Gasteiger partial charge in [0.15, 0.2) is 0 Å². The van der Waals surface area contributed by atoms with E-state index in [9.17, 15) is 14.4 Å². The molecule has 2 aliphatic rings. The Hall–Kier alpha value is -1.85. The van der Waals surface area contributed by atoms with Gasteiger partial charge in [0, 0.05) is 18.7 Å². The highest BCUT2D eigenvalue weighted by Crippen LogP contribution is 2.23. The van der Waals surface area contributed by atoms with Crippen molar-refractivity contribution in [2.45, 2.75) is 32.2 Å². The van der Waals surface area contributed by atoms with E-state index in [0.717, 1.165) is 19.3 Å². The van der Waals surface area contributed by atoms with Gasteiger partial charge in [-0.3, -0.25) is 9.59 Å². The number of piperazine rings is 1. The Morgan fingerprint density at radius 2 is 2.15 bits per heavy atom. The van der Waals surface area contributed by atoms with Gasteiger partial charge in [-0.05, 0) is 26.2 Å². The molecule has 110 valence electrons. The van der Waals surface area contributed by atoms with E-state index in [2.05, 4.69) is 4.74 Å². The highest BCUT2D eigenvalue weighted by molar-refractivity contribution is 5.95. The summed E-state index contributed by atoms with van der Waals surface area (Å²) in [7, 11) is 1.31. The van der Waals surface area contributed by atoms with Crippen LogP contribution in [-0.2, 0) is 19.1 Å². The van der Waals surface area contributed by atoms with Crippen molar-refractivity contribution < 1.29 is 19.1 Å². The first kappa shape index (κ1) is 14.6. The van der Waals surface area contributed by atoms with Gasteiger partial charge >= 0.3 is 5.97 Å². The molecule has 2 rings (SSSR count). The summed E-state index contributed by atoms with van der Waals surface area (Å²) < 4.78 is 4.60. The first-order valence-electron chi connectivity index (χ1n) is 6.88. The molecule has 2 amide bonds. The second-order valence-corrected chi connectivity index (χ2v) is 5.20. The summed E-state index contributed by atoms with van der Waals surface area (Å²) in [5.41, 5.74) is 0.443. The van der Waals surface area contributed by atoms with Gasteiger partial charge in [0.25, 0.3) is 0 Å². The minimum Gasteiger partial charge on any atom is -0.466 e. The molecule has 0 aliphatic carbocycles. The number of nitrogens with zero attached hydrogens (tertiary/aromatic N) is 2. The molecular weight excluding hydrogens is 260 g/mol. The summed E-state index contributed by atoms with van der Waals surface area (Å²) in [5, 5.41) is 0. The second kappa shape index (κ2) is 6.07. The Morgan fingerprint density at radius 1 is 1.40 bits per heavy atom. The Morgan fingerprint density at radius 3 is 2.85 bits per heavy atom. The third-order valence-corrected chi connectivity index (χ3v) is 3.87. The molecule has 0 saturated carbocycles. The molecule has 20 heavy (non-hydrogen) atoms. The third kappa shape index (κ3) is 2.84. The fourth-order valence-electron chi connectivity index (χ4n) is 2.68. The van der Waals surface area contributed by atoms with E-state index in [0.29, 0.717) is 12.1 Å². The van der Waals surface area contributed by atoms with Crippen LogP contribution < -0.4 is 0 Å². The molecule has 1 atom stereocenters. The molecule has 2 aliphatic heterocycles. The first-order chi connectivity index (χ1) is 9.54. The van der Waals surface area contributed by atoms with Crippen molar-refractivity contribution in [3.63, 3.8) is 0 Å². The van der Waals surface area contributed by atoms with Gasteiger partial charge in [-0.1, -0.05) is 6.08 Å². The predicted molar refractivity (Wildman–Crippen MR) is 71.7 cm³/mol. The van der Waals surface area contributed by atoms with Crippen molar-refractivity contribution in [2.75, 3.05) is 26.7 Å². The van der Waals surface area contributed by atoms with Gasteiger partial charge in [-0.2, -0.15) is 0 Å². The summed E-state index contributed by atoms with van der Waals surface area (Å²) in [6.45, 7) is 2.69. The molecule has 0 aromatic rings. The van der Waals surface area contributed by atoms with Crippen molar-refractivity contribution in [1.29, 1.82) is 0 Å². The van der Waals surface area contributed by atoms with Crippen molar-refractivity contribution >= 4 is 17.8 Å². The summed E-state index contributed by atoms with van der Waals surface area (Å²) in [5.74, 6) is -0.434. The van der Waals surface area contributed by atoms with Crippen LogP contribution in [0.4, 0.5) is 0 Å². The molecular formula is C14H20N2O4. The molecule has 0 radical (unpaired) electrons. The maximum atomic E-state index is 12.3. The minimum absolute atomic E-state index is 0.00146. The fraction of sp³-hybridized carbons (Fsp3) is 0.643. The summed E-state index contributed by atoms with van der Waals surface area (Å²) in [6.07, 6.45) is 4.32. The maximum absolute atomic E-state index is 12.3. The number of methoxy groups -OCH3 is 1. The van der Waals surface area contributed by atoms with Crippen LogP contribution in [0.15, 0.2) is 11.6 Å². The average Bonchev–Trinajstić information content (AvgIpc) is 2.48. The molecule has 2 heterocycles. The molecule has 6 heteroatoms. The molecule has 0 aromatic carbocycles. The Kier molecular flexibility index (Phi) is 4.42. The number of fused-ring (bicyclic) bond motifs is 1. The van der Waals surface area contributed by atoms with Crippen LogP contribution in [-0.4, -0.2) is 60.4 Å². The van der Waals surface area contributed by atoms with Crippen LogP contribution in [0.1, 0.15) is 26.2 Å². The topological polar surface area (TPSA) is 66.9 Å². The Bertz CT molecular complexity index is 458. The number of rotatable bonds is 3. The van der Waals surface area contributed by atoms with Crippen LogP contribution in [0.3, 0.4) is 0 Å². The van der Waals surface area contributed by atoms with Crippen molar-refractivity contribution in [2.24, 2.45) is 0 Å². The lowest BCUT2D eigenvalue weighted by atomic mass is 9.98. The zero-order valence-corrected chi connectivity index (χ0v) is 11.9. The monoisotopic (exact) mass is 280 g/mol. The van der Waals surface area contributed by atoms with E-state index in [4.69, 9.17) is 0 Å². The average molecular weight is 280 g/mol. The van der Waals surface area contributed by atoms with E-state index in [-0.39, 0.29) is 30.9 Å². The second-order valence-electron chi connectivity index (χ2n) is 5.20. The lowest BCUT2D eigenvalue weighted by Gasteiger charge is -2.42. The fourth-order valence-corrected chi connectivity index (χ4v) is 2.68. The van der Waals surface area contributed by atoms with E-state index in [1.165, 1.54) is 12.0 Å². The molecule has 2 saturated heterocycles. The van der Waals surface area contributed by atoms with E-state index >= 15 is 0 Å². The highest BCUT2D eigenvalue weighted by Gasteiger charge is 2.39. The molecule has 0 spiro atoms. The smallest absolute Gasteiger partial charge is 0.333 e. The number of ether oxygens (including phenoxy) is 1. The molecule has 0 bridgehead atoms. The number of carbonyl (C=O) groups excluding carboxylic acids is 3. The first-order valence-corrected chi connectivity index (χ1v) is 6.88. The summed E-state index contributed by atoms with van der Waals surface area (Å²) in [4.78, 5) is 38.9. The lowest BCUT2D eigenvalue weighted by molar-refractivity contribution is -0.157. The quantitative estimate of drug-likeness (QED) is 0.552. The van der Waals surface area contributed by atoms with E-state index in [1.807, 2.05) is 0 Å². The standard InChI is InChI=1S/C14H20N2O4/c1-10(14(19)20-2)6-8-15-9-12(17)16-7-4-3-5-11(16)13(15)18/h6,11H,3-5,7-9H2,1-2H3. The summed E-state index contributed by atoms with van der Waals surface area (Å²) >= 11 is 0. The number of hydrogen-bond acceptors (Lipinski definition) is 4. The number of amides is 2. The van der Waals surface area contributed by atoms with Gasteiger partial charge in [-0.25, -0.2) is 4.79 Å². The normalized spacial score (nSPS) is 23.7. The number of piperidine rings is 1. The minimum atomic E-state index is -0.417. The van der Waals surface area contributed by atoms with Gasteiger partial charge in [0.2, 0.25) is 11.8 Å². The van der Waals surface area contributed by atoms with Crippen molar-refractivity contribution in [3.05, 3.63) is 11.6 Å². The summed E-state index contributed by atoms with van der Waals surface area (Å²) in [6, 6.07) is -0.308. The molecule has 0 aromatic heterocycles. The van der Waals surface area contributed by atoms with Gasteiger partial charge in [-0.15, -0.1) is 0 Å². The Balaban J connectivity index is 2.04. The molecule has 1 unspecified atom stereocenters. The van der Waals surface area contributed by atoms with E-state index < -0.39 is 5.97 Å². The highest BCUT2D eigenvalue weighted by atomic mass is 16.5. The number of carbonyl (C=O) groups is 3. The molecule has 0 N–H and O–H groups in total. The SMILES string of the molecule is COC(=O)C(C)=CCN1CC(=O)N2CCCCC2C1=O. The molecule has 2 fully saturated rings. The zero-order chi connectivity index (χ0) is 14.7. The van der Waals surface area contributed by atoms with E-state index in [1.54, 1.807) is 17.9 Å². The largest absolute Gasteiger partial charge is 0.466 e. The van der Waals surface area contributed by atoms with Crippen LogP contribution in [0.5, 0.6) is 0 Å². The third-order valence-electron chi connectivity index (χ3n) is 3.87. The Labute approximate surface area is 118 Å². The van der Waals surface area contributed by atoms with Crippen LogP contribution in [0.25, 0.3) is 0 Å². The number of esters is 1. The van der Waals surface area contributed by atoms with Crippen LogP contribution in [0.2, 0.25) is 0 Å². The van der Waals surface area contributed by atoms with Crippen molar-refractivity contribution in [3.8, 4) is 0 Å². The van der Waals surface area contributed by atoms with Crippen LogP contribution in [0, 0.1) is 0 Å². The predicted octanol–water partition coefficient (Wildman–Crippen LogP) is 0.329. The van der Waals surface area contributed by atoms with Crippen LogP contribution >= 0.6 is 0 Å². The van der Waals surface area contributed by atoms with Gasteiger partial charge in [0.05, 0.1) is 7.11 Å². The maximum Gasteiger partial charge on any atom is 0.333 e. The van der Waals surface area contributed by atoms with Gasteiger partial charge < -0.3 is 14.5 Å². The zero-order valence-electron chi connectivity index (χ0n) is 11.9. The molecule has 6 nitrogen and oxygen atoms in total. The van der Waals surface area contributed by atoms with Crippen molar-refractivity contribution in [1.82, 2.24) is 9.80 Å². The number of hydrogen-bond donors (Lipinski definition) is 0. The lowest BCUT2D eigenvalue weighted by Crippen LogP contribution is -2.61.